The molecule has 1 heterocycles. The van der Waals surface area contributed by atoms with Crippen molar-refractivity contribution in [2.45, 2.75) is 6.42 Å². The fraction of sp³-hybridized carbons (Fsp3) is 0.0526. The molecular weight excluding hydrogens is 377 g/mol. The van der Waals surface area contributed by atoms with E-state index in [9.17, 15) is 4.79 Å². The molecule has 0 aliphatic heterocycles. The van der Waals surface area contributed by atoms with E-state index < -0.39 is 5.97 Å². The third-order valence-corrected chi connectivity index (χ3v) is 5.19. The van der Waals surface area contributed by atoms with Crippen LogP contribution in [0.25, 0.3) is 23.4 Å². The maximum Gasteiger partial charge on any atom is 0.308 e. The van der Waals surface area contributed by atoms with Gasteiger partial charge >= 0.3 is 5.97 Å². The predicted molar refractivity (Wildman–Crippen MR) is 104 cm³/mol. The molecule has 0 aliphatic rings. The highest BCUT2D eigenvalue weighted by Gasteiger charge is 2.14. The molecule has 0 unspecified atom stereocenters. The van der Waals surface area contributed by atoms with Crippen molar-refractivity contribution in [2.75, 3.05) is 0 Å². The van der Waals surface area contributed by atoms with Gasteiger partial charge in [-0.1, -0.05) is 65.7 Å². The zero-order chi connectivity index (χ0) is 17.8. The minimum atomic E-state index is -0.874. The molecule has 3 rings (SSSR count). The molecule has 3 nitrogen and oxygen atoms in total. The van der Waals surface area contributed by atoms with Crippen molar-refractivity contribution in [1.29, 1.82) is 0 Å². The molecule has 0 fully saturated rings. The summed E-state index contributed by atoms with van der Waals surface area (Å²) in [7, 11) is 0. The third-order valence-electron chi connectivity index (χ3n) is 3.43. The largest absolute Gasteiger partial charge is 0.481 e. The monoisotopic (exact) mass is 389 g/mol. The maximum absolute atomic E-state index is 11.1. The number of nitrogens with zero attached hydrogens (tertiary/aromatic N) is 1. The number of carbonyl (C=O) groups is 1. The van der Waals surface area contributed by atoms with Gasteiger partial charge in [0.2, 0.25) is 0 Å². The number of aliphatic carboxylic acids is 1. The molecule has 0 atom stereocenters. The lowest BCUT2D eigenvalue weighted by atomic mass is 10.1. The van der Waals surface area contributed by atoms with Gasteiger partial charge in [-0.2, -0.15) is 0 Å². The van der Waals surface area contributed by atoms with Gasteiger partial charge in [0.25, 0.3) is 0 Å². The molecule has 6 heteroatoms. The van der Waals surface area contributed by atoms with Crippen molar-refractivity contribution in [3.63, 3.8) is 0 Å². The Balaban J connectivity index is 1.94. The third kappa shape index (κ3) is 4.48. The molecule has 2 aromatic carbocycles. The molecule has 0 bridgehead atoms. The number of aromatic nitrogens is 1. The maximum atomic E-state index is 11.1. The number of hydrogen-bond acceptors (Lipinski definition) is 3. The van der Waals surface area contributed by atoms with Crippen LogP contribution in [-0.4, -0.2) is 16.1 Å². The number of hydrogen-bond donors (Lipinski definition) is 1. The van der Waals surface area contributed by atoms with Gasteiger partial charge in [-0.3, -0.25) is 4.79 Å². The van der Waals surface area contributed by atoms with Crippen LogP contribution in [0.3, 0.4) is 0 Å². The molecule has 0 spiro atoms. The number of benzene rings is 2. The normalized spacial score (nSPS) is 11.1. The minimum absolute atomic E-state index is 0.0531. The first-order valence-corrected chi connectivity index (χ1v) is 9.00. The highest BCUT2D eigenvalue weighted by molar-refractivity contribution is 7.13. The molecule has 0 saturated carbocycles. The van der Waals surface area contributed by atoms with Crippen LogP contribution in [-0.2, 0) is 11.2 Å². The first-order chi connectivity index (χ1) is 12.0. The summed E-state index contributed by atoms with van der Waals surface area (Å²) in [5, 5.41) is 10.9. The topological polar surface area (TPSA) is 50.2 Å². The molecular formula is C19H13Cl2NO2S. The quantitative estimate of drug-likeness (QED) is 0.589. The molecule has 1 aromatic heterocycles. The highest BCUT2D eigenvalue weighted by atomic mass is 35.5. The lowest BCUT2D eigenvalue weighted by molar-refractivity contribution is -0.136. The average molecular weight is 390 g/mol. The van der Waals surface area contributed by atoms with Crippen LogP contribution < -0.4 is 0 Å². The predicted octanol–water partition coefficient (Wildman–Crippen LogP) is 5.91. The average Bonchev–Trinajstić information content (AvgIpc) is 2.99. The molecule has 0 radical (unpaired) electrons. The van der Waals surface area contributed by atoms with Crippen molar-refractivity contribution < 1.29 is 9.90 Å². The molecule has 0 saturated heterocycles. The van der Waals surface area contributed by atoms with Gasteiger partial charge in [0.15, 0.2) is 0 Å². The molecule has 25 heavy (non-hydrogen) atoms. The van der Waals surface area contributed by atoms with E-state index in [1.807, 2.05) is 48.6 Å². The fourth-order valence-corrected chi connectivity index (χ4v) is 3.59. The molecule has 1 N–H and O–H groups in total. The lowest BCUT2D eigenvalue weighted by Crippen LogP contribution is -1.99. The van der Waals surface area contributed by atoms with Gasteiger partial charge < -0.3 is 5.11 Å². The Morgan fingerprint density at radius 1 is 1.08 bits per heavy atom. The number of thiazole rings is 1. The highest BCUT2D eigenvalue weighted by Crippen LogP contribution is 2.30. The second kappa shape index (κ2) is 7.83. The van der Waals surface area contributed by atoms with Gasteiger partial charge in [-0.05, 0) is 23.8 Å². The van der Waals surface area contributed by atoms with Crippen LogP contribution in [0.1, 0.15) is 15.4 Å². The first kappa shape index (κ1) is 17.7. The number of carboxylic acid groups (broad SMARTS) is 1. The van der Waals surface area contributed by atoms with Crippen LogP contribution in [0.2, 0.25) is 10.0 Å². The Hall–Kier alpha value is -2.14. The number of carboxylic acids is 1. The van der Waals surface area contributed by atoms with E-state index in [-0.39, 0.29) is 6.42 Å². The van der Waals surface area contributed by atoms with E-state index in [1.165, 1.54) is 11.3 Å². The Bertz CT molecular complexity index is 936. The summed E-state index contributed by atoms with van der Waals surface area (Å²) in [5.74, 6) is -0.874. The Morgan fingerprint density at radius 3 is 2.52 bits per heavy atom. The summed E-state index contributed by atoms with van der Waals surface area (Å²) in [6, 6.07) is 14.9. The van der Waals surface area contributed by atoms with E-state index in [2.05, 4.69) is 4.98 Å². The fourth-order valence-electron chi connectivity index (χ4n) is 2.30. The van der Waals surface area contributed by atoms with Crippen LogP contribution in [0.4, 0.5) is 0 Å². The minimum Gasteiger partial charge on any atom is -0.481 e. The SMILES string of the molecule is O=C(O)Cc1sc(/C=C/c2ccc(Cl)c(Cl)c2)nc1-c1ccccc1. The standard InChI is InChI=1S/C19H13Cl2NO2S/c20-14-8-6-12(10-15(14)21)7-9-17-22-19(13-4-2-1-3-5-13)16(25-17)11-18(23)24/h1-10H,11H2,(H,23,24)/b9-7+. The van der Waals surface area contributed by atoms with Crippen LogP contribution in [0, 0.1) is 0 Å². The smallest absolute Gasteiger partial charge is 0.308 e. The summed E-state index contributed by atoms with van der Waals surface area (Å²) in [4.78, 5) is 16.5. The summed E-state index contributed by atoms with van der Waals surface area (Å²) < 4.78 is 0. The first-order valence-electron chi connectivity index (χ1n) is 7.43. The number of halogens is 2. The number of rotatable bonds is 5. The summed E-state index contributed by atoms with van der Waals surface area (Å²) >= 11 is 13.3. The zero-order valence-electron chi connectivity index (χ0n) is 12.9. The Labute approximate surface area is 159 Å². The van der Waals surface area contributed by atoms with Gasteiger partial charge in [0.1, 0.15) is 5.01 Å². The van der Waals surface area contributed by atoms with Gasteiger partial charge in [-0.15, -0.1) is 11.3 Å². The van der Waals surface area contributed by atoms with E-state index in [0.717, 1.165) is 21.0 Å². The van der Waals surface area contributed by atoms with Crippen LogP contribution >= 0.6 is 34.5 Å². The van der Waals surface area contributed by atoms with Gasteiger partial charge in [0, 0.05) is 10.4 Å². The Morgan fingerprint density at radius 2 is 1.84 bits per heavy atom. The molecule has 0 amide bonds. The van der Waals surface area contributed by atoms with E-state index in [4.69, 9.17) is 28.3 Å². The van der Waals surface area contributed by atoms with Gasteiger partial charge in [-0.25, -0.2) is 4.98 Å². The lowest BCUT2D eigenvalue weighted by Gasteiger charge is -1.99. The van der Waals surface area contributed by atoms with E-state index in [0.29, 0.717) is 15.7 Å². The summed E-state index contributed by atoms with van der Waals surface area (Å²) in [6.07, 6.45) is 3.67. The van der Waals surface area contributed by atoms with Crippen molar-refractivity contribution in [2.24, 2.45) is 0 Å². The Kier molecular flexibility index (Phi) is 5.53. The van der Waals surface area contributed by atoms with Crippen molar-refractivity contribution in [3.05, 3.63) is 74.0 Å². The second-order valence-electron chi connectivity index (χ2n) is 5.27. The zero-order valence-corrected chi connectivity index (χ0v) is 15.3. The molecule has 0 aliphatic carbocycles. The van der Waals surface area contributed by atoms with E-state index in [1.54, 1.807) is 12.1 Å². The van der Waals surface area contributed by atoms with Gasteiger partial charge in [0.05, 0.1) is 22.2 Å². The van der Waals surface area contributed by atoms with Crippen LogP contribution in [0.5, 0.6) is 0 Å². The van der Waals surface area contributed by atoms with Crippen LogP contribution in [0.15, 0.2) is 48.5 Å². The van der Waals surface area contributed by atoms with Crippen molar-refractivity contribution in [3.8, 4) is 11.3 Å². The molecule has 3 aromatic rings. The van der Waals surface area contributed by atoms with Crippen molar-refractivity contribution in [1.82, 2.24) is 4.98 Å². The summed E-state index contributed by atoms with van der Waals surface area (Å²) in [5.41, 5.74) is 2.51. The second-order valence-corrected chi connectivity index (χ2v) is 7.20. The molecule has 126 valence electrons. The van der Waals surface area contributed by atoms with E-state index >= 15 is 0 Å². The summed E-state index contributed by atoms with van der Waals surface area (Å²) in [6.45, 7) is 0. The van der Waals surface area contributed by atoms with Crippen molar-refractivity contribution >= 4 is 52.7 Å².